The number of aromatic carboxylic acids is 1. The van der Waals surface area contributed by atoms with Gasteiger partial charge in [0.05, 0.1) is 16.3 Å². The molecule has 0 fully saturated rings. The number of rotatable bonds is 3. The molecule has 0 saturated carbocycles. The van der Waals surface area contributed by atoms with E-state index in [-0.39, 0.29) is 21.8 Å². The highest BCUT2D eigenvalue weighted by atomic mass is 35.5. The monoisotopic (exact) mass is 291 g/mol. The molecule has 2 rings (SSSR count). The van der Waals surface area contributed by atoms with Gasteiger partial charge in [-0.3, -0.25) is 4.79 Å². The Morgan fingerprint density at radius 2 is 1.65 bits per heavy atom. The number of phenols is 1. The number of halogens is 1. The minimum atomic E-state index is -1.28. The Balaban J connectivity index is 2.32. The van der Waals surface area contributed by atoms with Gasteiger partial charge < -0.3 is 15.5 Å². The summed E-state index contributed by atoms with van der Waals surface area (Å²) < 4.78 is 0. The van der Waals surface area contributed by atoms with Crippen LogP contribution >= 0.6 is 11.6 Å². The number of benzene rings is 2. The van der Waals surface area contributed by atoms with Crippen LogP contribution < -0.4 is 5.32 Å². The molecule has 3 N–H and O–H groups in total. The standard InChI is InChI=1S/C14H10ClNO4/c15-10-6-2-1-4-8(10)13(18)16-11-7-3-5-9(12(11)17)14(19)20/h1-7,17H,(H,16,18)(H,19,20). The molecule has 0 unspecified atom stereocenters. The zero-order valence-electron chi connectivity index (χ0n) is 10.1. The number of anilines is 1. The number of aromatic hydroxyl groups is 1. The third-order valence-electron chi connectivity index (χ3n) is 2.63. The van der Waals surface area contributed by atoms with Crippen molar-refractivity contribution in [2.75, 3.05) is 5.32 Å². The fourth-order valence-electron chi connectivity index (χ4n) is 1.65. The molecule has 2 aromatic rings. The molecular weight excluding hydrogens is 282 g/mol. The summed E-state index contributed by atoms with van der Waals surface area (Å²) in [5.74, 6) is -2.31. The summed E-state index contributed by atoms with van der Waals surface area (Å²) in [6, 6.07) is 10.5. The molecule has 0 spiro atoms. The molecule has 0 aliphatic heterocycles. The van der Waals surface area contributed by atoms with E-state index >= 15 is 0 Å². The van der Waals surface area contributed by atoms with Gasteiger partial charge in [-0.1, -0.05) is 29.8 Å². The largest absolute Gasteiger partial charge is 0.505 e. The normalized spacial score (nSPS) is 10.1. The molecule has 102 valence electrons. The number of hydrogen-bond acceptors (Lipinski definition) is 3. The van der Waals surface area contributed by atoms with Crippen LogP contribution in [0.4, 0.5) is 5.69 Å². The van der Waals surface area contributed by atoms with Crippen molar-refractivity contribution in [3.8, 4) is 5.75 Å². The number of carboxylic acids is 1. The Labute approximate surface area is 119 Å². The van der Waals surface area contributed by atoms with Gasteiger partial charge in [0, 0.05) is 0 Å². The van der Waals surface area contributed by atoms with Crippen LogP contribution in [0.3, 0.4) is 0 Å². The molecule has 6 heteroatoms. The average molecular weight is 292 g/mol. The highest BCUT2D eigenvalue weighted by Gasteiger charge is 2.16. The number of carbonyl (C=O) groups is 2. The fraction of sp³-hybridized carbons (Fsp3) is 0. The van der Waals surface area contributed by atoms with E-state index in [2.05, 4.69) is 5.32 Å². The molecule has 0 aliphatic carbocycles. The van der Waals surface area contributed by atoms with Gasteiger partial charge in [0.1, 0.15) is 5.56 Å². The molecule has 0 heterocycles. The number of carbonyl (C=O) groups excluding carboxylic acids is 1. The van der Waals surface area contributed by atoms with Crippen molar-refractivity contribution in [2.45, 2.75) is 0 Å². The van der Waals surface area contributed by atoms with Crippen molar-refractivity contribution in [3.63, 3.8) is 0 Å². The van der Waals surface area contributed by atoms with E-state index in [1.54, 1.807) is 18.2 Å². The molecule has 5 nitrogen and oxygen atoms in total. The van der Waals surface area contributed by atoms with Crippen LogP contribution in [-0.2, 0) is 0 Å². The number of amides is 1. The molecule has 0 bridgehead atoms. The van der Waals surface area contributed by atoms with Crippen LogP contribution in [-0.4, -0.2) is 22.1 Å². The third kappa shape index (κ3) is 2.73. The zero-order valence-corrected chi connectivity index (χ0v) is 10.9. The maximum Gasteiger partial charge on any atom is 0.339 e. The Kier molecular flexibility index (Phi) is 3.91. The van der Waals surface area contributed by atoms with E-state index in [1.807, 2.05) is 0 Å². The van der Waals surface area contributed by atoms with E-state index in [0.717, 1.165) is 0 Å². The molecule has 20 heavy (non-hydrogen) atoms. The minimum absolute atomic E-state index is 0.00909. The Morgan fingerprint density at radius 3 is 2.30 bits per heavy atom. The van der Waals surface area contributed by atoms with Crippen LogP contribution in [0.2, 0.25) is 5.02 Å². The lowest BCUT2D eigenvalue weighted by molar-refractivity contribution is 0.0693. The molecule has 0 aliphatic rings. The van der Waals surface area contributed by atoms with Gasteiger partial charge in [-0.2, -0.15) is 0 Å². The van der Waals surface area contributed by atoms with Crippen molar-refractivity contribution in [3.05, 3.63) is 58.6 Å². The first-order valence-corrected chi connectivity index (χ1v) is 5.99. The van der Waals surface area contributed by atoms with Gasteiger partial charge >= 0.3 is 5.97 Å². The fourth-order valence-corrected chi connectivity index (χ4v) is 1.87. The van der Waals surface area contributed by atoms with Crippen LogP contribution in [0.25, 0.3) is 0 Å². The van der Waals surface area contributed by atoms with Gasteiger partial charge in [-0.05, 0) is 24.3 Å². The second-order valence-electron chi connectivity index (χ2n) is 3.94. The van der Waals surface area contributed by atoms with E-state index < -0.39 is 17.6 Å². The van der Waals surface area contributed by atoms with Crippen molar-refractivity contribution in [1.29, 1.82) is 0 Å². The van der Waals surface area contributed by atoms with Gasteiger partial charge in [0.2, 0.25) is 0 Å². The second-order valence-corrected chi connectivity index (χ2v) is 4.35. The SMILES string of the molecule is O=C(Nc1cccc(C(=O)O)c1O)c1ccccc1Cl. The number of nitrogens with one attached hydrogen (secondary N) is 1. The number of para-hydroxylation sites is 1. The summed E-state index contributed by atoms with van der Waals surface area (Å²) in [7, 11) is 0. The third-order valence-corrected chi connectivity index (χ3v) is 2.96. The molecule has 0 saturated heterocycles. The van der Waals surface area contributed by atoms with Gasteiger partial charge in [-0.25, -0.2) is 4.79 Å². The summed E-state index contributed by atoms with van der Waals surface area (Å²) in [6.07, 6.45) is 0. The molecule has 0 aromatic heterocycles. The molecular formula is C14H10ClNO4. The smallest absolute Gasteiger partial charge is 0.339 e. The van der Waals surface area contributed by atoms with Crippen molar-refractivity contribution in [1.82, 2.24) is 0 Å². The first kappa shape index (κ1) is 13.9. The van der Waals surface area contributed by atoms with E-state index in [0.29, 0.717) is 0 Å². The predicted octanol–water partition coefficient (Wildman–Crippen LogP) is 3.00. The lowest BCUT2D eigenvalue weighted by Crippen LogP contribution is -2.13. The Morgan fingerprint density at radius 1 is 1.00 bits per heavy atom. The van der Waals surface area contributed by atoms with Crippen molar-refractivity contribution < 1.29 is 19.8 Å². The quantitative estimate of drug-likeness (QED) is 0.759. The first-order chi connectivity index (χ1) is 9.50. The Bertz CT molecular complexity index is 685. The van der Waals surface area contributed by atoms with Crippen LogP contribution in [0, 0.1) is 0 Å². The van der Waals surface area contributed by atoms with Crippen molar-refractivity contribution >= 4 is 29.2 Å². The van der Waals surface area contributed by atoms with Crippen LogP contribution in [0.1, 0.15) is 20.7 Å². The maximum atomic E-state index is 12.0. The molecule has 2 aromatic carbocycles. The lowest BCUT2D eigenvalue weighted by atomic mass is 10.1. The molecule has 0 radical (unpaired) electrons. The molecule has 1 amide bonds. The number of hydrogen-bond donors (Lipinski definition) is 3. The minimum Gasteiger partial charge on any atom is -0.505 e. The Hall–Kier alpha value is -2.53. The average Bonchev–Trinajstić information content (AvgIpc) is 2.41. The summed E-state index contributed by atoms with van der Waals surface area (Å²) in [6.45, 7) is 0. The summed E-state index contributed by atoms with van der Waals surface area (Å²) >= 11 is 5.89. The van der Waals surface area contributed by atoms with E-state index in [4.69, 9.17) is 16.7 Å². The predicted molar refractivity (Wildman–Crippen MR) is 74.5 cm³/mol. The van der Waals surface area contributed by atoms with E-state index in [1.165, 1.54) is 24.3 Å². The second kappa shape index (κ2) is 5.63. The van der Waals surface area contributed by atoms with Crippen LogP contribution in [0.15, 0.2) is 42.5 Å². The van der Waals surface area contributed by atoms with Crippen molar-refractivity contribution in [2.24, 2.45) is 0 Å². The summed E-state index contributed by atoms with van der Waals surface area (Å²) in [4.78, 5) is 22.9. The van der Waals surface area contributed by atoms with Gasteiger partial charge in [0.15, 0.2) is 5.75 Å². The first-order valence-electron chi connectivity index (χ1n) is 5.62. The van der Waals surface area contributed by atoms with Gasteiger partial charge in [-0.15, -0.1) is 0 Å². The topological polar surface area (TPSA) is 86.6 Å². The summed E-state index contributed by atoms with van der Waals surface area (Å²) in [5, 5.41) is 21.4. The summed E-state index contributed by atoms with van der Waals surface area (Å²) in [5.41, 5.74) is -0.0499. The maximum absolute atomic E-state index is 12.0. The zero-order chi connectivity index (χ0) is 14.7. The highest BCUT2D eigenvalue weighted by Crippen LogP contribution is 2.28. The van der Waals surface area contributed by atoms with Gasteiger partial charge in [0.25, 0.3) is 5.91 Å². The van der Waals surface area contributed by atoms with E-state index in [9.17, 15) is 14.7 Å². The highest BCUT2D eigenvalue weighted by molar-refractivity contribution is 6.34. The van der Waals surface area contributed by atoms with Crippen LogP contribution in [0.5, 0.6) is 5.75 Å². The lowest BCUT2D eigenvalue weighted by Gasteiger charge is -2.09. The molecule has 0 atom stereocenters. The number of carboxylic acid groups (broad SMARTS) is 1.